The molecular formula is C8H7N5. The molecule has 0 saturated carbocycles. The fraction of sp³-hybridized carbons (Fsp3) is 0.125. The number of hydrogen-bond acceptors (Lipinski definition) is 5. The van der Waals surface area contributed by atoms with Crippen LogP contribution in [0.2, 0.25) is 0 Å². The second-order valence-corrected chi connectivity index (χ2v) is 2.86. The molecule has 0 unspecified atom stereocenters. The lowest BCUT2D eigenvalue weighted by atomic mass is 10.4. The van der Waals surface area contributed by atoms with Crippen molar-refractivity contribution in [2.45, 2.75) is 6.54 Å². The SMILES string of the molecule is C1=CN2Cc3nncnc3N2C=C1. The summed E-state index contributed by atoms with van der Waals surface area (Å²) in [6.07, 6.45) is 9.36. The summed E-state index contributed by atoms with van der Waals surface area (Å²) in [5.74, 6) is 0.871. The van der Waals surface area contributed by atoms with E-state index in [1.807, 2.05) is 34.6 Å². The molecule has 0 N–H and O–H groups in total. The predicted octanol–water partition coefficient (Wildman–Crippen LogP) is 0.450. The Morgan fingerprint density at radius 2 is 2.15 bits per heavy atom. The van der Waals surface area contributed by atoms with Gasteiger partial charge in [-0.15, -0.1) is 10.2 Å². The quantitative estimate of drug-likeness (QED) is 0.570. The average Bonchev–Trinajstić information content (AvgIpc) is 2.56. The van der Waals surface area contributed by atoms with Crippen LogP contribution in [0.3, 0.4) is 0 Å². The summed E-state index contributed by atoms with van der Waals surface area (Å²) in [7, 11) is 0. The predicted molar refractivity (Wildman–Crippen MR) is 46.1 cm³/mol. The maximum absolute atomic E-state index is 4.17. The van der Waals surface area contributed by atoms with Crippen LogP contribution in [0.4, 0.5) is 5.82 Å². The number of anilines is 1. The number of nitrogens with zero attached hydrogens (tertiary/aromatic N) is 5. The Hall–Kier alpha value is -1.91. The van der Waals surface area contributed by atoms with Gasteiger partial charge in [-0.1, -0.05) is 0 Å². The molecule has 2 aliphatic heterocycles. The first-order valence-corrected chi connectivity index (χ1v) is 4.02. The molecule has 0 radical (unpaired) electrons. The summed E-state index contributed by atoms with van der Waals surface area (Å²) in [6.45, 7) is 0.747. The first-order chi connectivity index (χ1) is 6.45. The Morgan fingerprint density at radius 1 is 1.23 bits per heavy atom. The summed E-state index contributed by atoms with van der Waals surface area (Å²) < 4.78 is 0. The van der Waals surface area contributed by atoms with E-state index in [0.717, 1.165) is 18.1 Å². The number of aromatic nitrogens is 3. The molecule has 5 nitrogen and oxygen atoms in total. The summed E-state index contributed by atoms with van der Waals surface area (Å²) >= 11 is 0. The van der Waals surface area contributed by atoms with E-state index in [2.05, 4.69) is 15.2 Å². The molecule has 13 heavy (non-hydrogen) atoms. The third-order valence-corrected chi connectivity index (χ3v) is 2.07. The normalized spacial score (nSPS) is 17.5. The Morgan fingerprint density at radius 3 is 3.15 bits per heavy atom. The zero-order chi connectivity index (χ0) is 8.67. The fourth-order valence-corrected chi connectivity index (χ4v) is 1.50. The molecule has 64 valence electrons. The molecule has 0 aromatic carbocycles. The monoisotopic (exact) mass is 173 g/mol. The van der Waals surface area contributed by atoms with Crippen molar-refractivity contribution >= 4 is 5.82 Å². The highest BCUT2D eigenvalue weighted by atomic mass is 15.7. The van der Waals surface area contributed by atoms with Crippen molar-refractivity contribution in [3.8, 4) is 0 Å². The van der Waals surface area contributed by atoms with Gasteiger partial charge in [0.25, 0.3) is 0 Å². The van der Waals surface area contributed by atoms with Crippen molar-refractivity contribution in [2.24, 2.45) is 0 Å². The van der Waals surface area contributed by atoms with Gasteiger partial charge >= 0.3 is 0 Å². The van der Waals surface area contributed by atoms with E-state index < -0.39 is 0 Å². The first kappa shape index (κ1) is 6.59. The van der Waals surface area contributed by atoms with E-state index in [9.17, 15) is 0 Å². The molecule has 1 aromatic heterocycles. The second-order valence-electron chi connectivity index (χ2n) is 2.86. The van der Waals surface area contributed by atoms with Gasteiger partial charge in [0.1, 0.15) is 12.0 Å². The van der Waals surface area contributed by atoms with Crippen LogP contribution in [-0.4, -0.2) is 20.2 Å². The molecule has 2 aliphatic rings. The molecule has 3 heterocycles. The van der Waals surface area contributed by atoms with Crippen molar-refractivity contribution in [3.05, 3.63) is 36.6 Å². The number of rotatable bonds is 0. The van der Waals surface area contributed by atoms with Gasteiger partial charge in [0.2, 0.25) is 0 Å². The van der Waals surface area contributed by atoms with E-state index in [1.165, 1.54) is 6.33 Å². The van der Waals surface area contributed by atoms with Crippen molar-refractivity contribution in [2.75, 3.05) is 5.01 Å². The van der Waals surface area contributed by atoms with Gasteiger partial charge in [0.05, 0.1) is 6.54 Å². The molecule has 0 amide bonds. The van der Waals surface area contributed by atoms with Gasteiger partial charge in [0, 0.05) is 12.4 Å². The van der Waals surface area contributed by atoms with E-state index >= 15 is 0 Å². The molecule has 0 aliphatic carbocycles. The number of hydrogen-bond donors (Lipinski definition) is 0. The van der Waals surface area contributed by atoms with Gasteiger partial charge < -0.3 is 0 Å². The molecule has 0 spiro atoms. The Balaban J connectivity index is 2.12. The van der Waals surface area contributed by atoms with Crippen LogP contribution in [-0.2, 0) is 6.54 Å². The van der Waals surface area contributed by atoms with Gasteiger partial charge in [-0.3, -0.25) is 5.01 Å². The van der Waals surface area contributed by atoms with Crippen molar-refractivity contribution in [1.29, 1.82) is 0 Å². The van der Waals surface area contributed by atoms with Crippen LogP contribution < -0.4 is 5.01 Å². The standard InChI is InChI=1S/C8H7N5/c1-2-4-13-8-7(5-12(13)3-1)11-10-6-9-8/h1-4,6H,5H2. The van der Waals surface area contributed by atoms with Crippen LogP contribution in [0.1, 0.15) is 5.69 Å². The molecule has 0 saturated heterocycles. The van der Waals surface area contributed by atoms with E-state index in [1.54, 1.807) is 0 Å². The Labute approximate surface area is 75.0 Å². The number of allylic oxidation sites excluding steroid dienone is 2. The van der Waals surface area contributed by atoms with Crippen LogP contribution in [0, 0.1) is 0 Å². The maximum atomic E-state index is 4.17. The van der Waals surface area contributed by atoms with Gasteiger partial charge in [0.15, 0.2) is 5.82 Å². The fourth-order valence-electron chi connectivity index (χ4n) is 1.50. The minimum atomic E-state index is 0.747. The van der Waals surface area contributed by atoms with Gasteiger partial charge in [-0.2, -0.15) is 0 Å². The molecule has 0 fully saturated rings. The van der Waals surface area contributed by atoms with Crippen molar-refractivity contribution in [1.82, 2.24) is 20.2 Å². The first-order valence-electron chi connectivity index (χ1n) is 4.02. The number of fused-ring (bicyclic) bond motifs is 3. The van der Waals surface area contributed by atoms with Gasteiger partial charge in [-0.25, -0.2) is 9.99 Å². The molecular weight excluding hydrogens is 166 g/mol. The lowest BCUT2D eigenvalue weighted by Crippen LogP contribution is -2.29. The lowest BCUT2D eigenvalue weighted by molar-refractivity contribution is 0.395. The Bertz CT molecular complexity index is 397. The summed E-state index contributed by atoms with van der Waals surface area (Å²) in [5.41, 5.74) is 0.915. The molecule has 5 heteroatoms. The third kappa shape index (κ3) is 0.837. The van der Waals surface area contributed by atoms with Crippen LogP contribution in [0.25, 0.3) is 0 Å². The highest BCUT2D eigenvalue weighted by molar-refractivity contribution is 5.50. The van der Waals surface area contributed by atoms with Crippen molar-refractivity contribution < 1.29 is 0 Å². The third-order valence-electron chi connectivity index (χ3n) is 2.07. The summed E-state index contributed by atoms with van der Waals surface area (Å²) in [6, 6.07) is 0. The highest BCUT2D eigenvalue weighted by Gasteiger charge is 2.26. The zero-order valence-electron chi connectivity index (χ0n) is 6.83. The van der Waals surface area contributed by atoms with Crippen LogP contribution >= 0.6 is 0 Å². The Kier molecular flexibility index (Phi) is 1.16. The zero-order valence-corrected chi connectivity index (χ0v) is 6.83. The van der Waals surface area contributed by atoms with Gasteiger partial charge in [-0.05, 0) is 12.2 Å². The lowest BCUT2D eigenvalue weighted by Gasteiger charge is -2.25. The molecule has 1 aromatic rings. The minimum absolute atomic E-state index is 0.747. The van der Waals surface area contributed by atoms with Crippen LogP contribution in [0.15, 0.2) is 30.9 Å². The van der Waals surface area contributed by atoms with E-state index in [0.29, 0.717) is 0 Å². The van der Waals surface area contributed by atoms with E-state index in [-0.39, 0.29) is 0 Å². The summed E-state index contributed by atoms with van der Waals surface area (Å²) in [5, 5.41) is 11.8. The molecule has 0 bridgehead atoms. The minimum Gasteiger partial charge on any atom is -0.281 e. The average molecular weight is 173 g/mol. The summed E-state index contributed by atoms with van der Waals surface area (Å²) in [4.78, 5) is 4.17. The highest BCUT2D eigenvalue weighted by Crippen LogP contribution is 2.28. The van der Waals surface area contributed by atoms with Crippen molar-refractivity contribution in [3.63, 3.8) is 0 Å². The maximum Gasteiger partial charge on any atom is 0.178 e. The largest absolute Gasteiger partial charge is 0.281 e. The molecule has 0 atom stereocenters. The van der Waals surface area contributed by atoms with E-state index in [4.69, 9.17) is 0 Å². The molecule has 3 rings (SSSR count). The second kappa shape index (κ2) is 2.29. The van der Waals surface area contributed by atoms with Crippen LogP contribution in [0.5, 0.6) is 0 Å². The topological polar surface area (TPSA) is 45.2 Å². The smallest absolute Gasteiger partial charge is 0.178 e. The number of hydrazine groups is 1.